The van der Waals surface area contributed by atoms with Gasteiger partial charge in [-0.15, -0.1) is 0 Å². The highest BCUT2D eigenvalue weighted by molar-refractivity contribution is 7.90. The van der Waals surface area contributed by atoms with Gasteiger partial charge in [0.05, 0.1) is 5.69 Å². The summed E-state index contributed by atoms with van der Waals surface area (Å²) in [6.45, 7) is 7.15. The Balaban J connectivity index is 2.99. The molecule has 1 aromatic carbocycles. The van der Waals surface area contributed by atoms with E-state index in [0.717, 1.165) is 5.56 Å². The van der Waals surface area contributed by atoms with Crippen molar-refractivity contribution in [3.05, 3.63) is 29.8 Å². The van der Waals surface area contributed by atoms with Crippen LogP contribution in [0.2, 0.25) is 0 Å². The van der Waals surface area contributed by atoms with E-state index in [9.17, 15) is 8.42 Å². The summed E-state index contributed by atoms with van der Waals surface area (Å²) in [5, 5.41) is 0. The molecule has 0 saturated carbocycles. The van der Waals surface area contributed by atoms with E-state index in [1.54, 1.807) is 6.07 Å². The molecular weight excluding hydrogens is 274 g/mol. The molecule has 0 aromatic heterocycles. The number of nitrogens with zero attached hydrogens (tertiary/aromatic N) is 1. The Hall–Kier alpha value is -1.11. The summed E-state index contributed by atoms with van der Waals surface area (Å²) in [5.41, 5.74) is 7.21. The second kappa shape index (κ2) is 7.61. The lowest BCUT2D eigenvalue weighted by atomic mass is 10.2. The van der Waals surface area contributed by atoms with E-state index >= 15 is 0 Å². The summed E-state index contributed by atoms with van der Waals surface area (Å²) in [5.74, 6) is 0.263. The topological polar surface area (TPSA) is 75.4 Å². The van der Waals surface area contributed by atoms with E-state index in [0.29, 0.717) is 31.7 Å². The van der Waals surface area contributed by atoms with Crippen LogP contribution in [0.25, 0.3) is 0 Å². The molecule has 5 nitrogen and oxygen atoms in total. The van der Waals surface area contributed by atoms with Crippen molar-refractivity contribution in [2.75, 3.05) is 23.9 Å². The normalized spacial score (nSPS) is 11.8. The van der Waals surface area contributed by atoms with Crippen LogP contribution in [0.1, 0.15) is 25.8 Å². The van der Waals surface area contributed by atoms with Crippen LogP contribution in [0.15, 0.2) is 24.3 Å². The summed E-state index contributed by atoms with van der Waals surface area (Å²) in [4.78, 5) is 0. The van der Waals surface area contributed by atoms with Gasteiger partial charge in [0, 0.05) is 13.1 Å². The largest absolute Gasteiger partial charge is 0.330 e. The molecule has 0 aliphatic rings. The van der Waals surface area contributed by atoms with Crippen LogP contribution in [-0.2, 0) is 10.2 Å². The van der Waals surface area contributed by atoms with Crippen molar-refractivity contribution in [3.63, 3.8) is 0 Å². The molecule has 0 amide bonds. The first-order valence-electron chi connectivity index (χ1n) is 6.91. The molecule has 0 fully saturated rings. The molecule has 0 saturated heterocycles. The predicted molar refractivity (Wildman–Crippen MR) is 84.0 cm³/mol. The van der Waals surface area contributed by atoms with Gasteiger partial charge >= 0.3 is 10.2 Å². The maximum atomic E-state index is 12.4. The first-order valence-corrected chi connectivity index (χ1v) is 8.35. The van der Waals surface area contributed by atoms with Gasteiger partial charge < -0.3 is 5.73 Å². The minimum absolute atomic E-state index is 0.263. The molecule has 20 heavy (non-hydrogen) atoms. The highest BCUT2D eigenvalue weighted by atomic mass is 32.2. The van der Waals surface area contributed by atoms with E-state index in [1.165, 1.54) is 4.31 Å². The summed E-state index contributed by atoms with van der Waals surface area (Å²) < 4.78 is 28.9. The second-order valence-corrected chi connectivity index (χ2v) is 6.98. The quantitative estimate of drug-likeness (QED) is 0.766. The lowest BCUT2D eigenvalue weighted by Gasteiger charge is -2.25. The highest BCUT2D eigenvalue weighted by Gasteiger charge is 2.21. The van der Waals surface area contributed by atoms with Gasteiger partial charge in [-0.1, -0.05) is 26.0 Å². The van der Waals surface area contributed by atoms with E-state index in [4.69, 9.17) is 5.73 Å². The molecule has 0 bridgehead atoms. The Morgan fingerprint density at radius 3 is 2.60 bits per heavy atom. The van der Waals surface area contributed by atoms with E-state index in [1.807, 2.05) is 39.0 Å². The van der Waals surface area contributed by atoms with Crippen molar-refractivity contribution >= 4 is 15.9 Å². The monoisotopic (exact) mass is 299 g/mol. The zero-order chi connectivity index (χ0) is 15.2. The highest BCUT2D eigenvalue weighted by Crippen LogP contribution is 2.19. The molecular formula is C14H25N3O2S. The average molecular weight is 299 g/mol. The maximum Gasteiger partial charge on any atom is 0.301 e. The van der Waals surface area contributed by atoms with Crippen LogP contribution in [-0.4, -0.2) is 28.1 Å². The molecule has 3 N–H and O–H groups in total. The summed E-state index contributed by atoms with van der Waals surface area (Å²) >= 11 is 0. The number of nitrogens with two attached hydrogens (primary N) is 1. The zero-order valence-electron chi connectivity index (χ0n) is 12.5. The van der Waals surface area contributed by atoms with Gasteiger partial charge in [0.2, 0.25) is 0 Å². The molecule has 6 heteroatoms. The fourth-order valence-electron chi connectivity index (χ4n) is 1.76. The molecule has 0 aliphatic carbocycles. The molecule has 1 rings (SSSR count). The van der Waals surface area contributed by atoms with Gasteiger partial charge in [-0.05, 0) is 43.5 Å². The lowest BCUT2D eigenvalue weighted by Crippen LogP contribution is -2.43. The van der Waals surface area contributed by atoms with Gasteiger partial charge in [-0.2, -0.15) is 13.1 Å². The van der Waals surface area contributed by atoms with Crippen molar-refractivity contribution in [1.82, 2.24) is 4.72 Å². The van der Waals surface area contributed by atoms with Crippen molar-refractivity contribution in [2.24, 2.45) is 11.7 Å². The Bertz CT molecular complexity index is 515. The molecule has 0 atom stereocenters. The fraction of sp³-hybridized carbons (Fsp3) is 0.571. The number of anilines is 1. The summed E-state index contributed by atoms with van der Waals surface area (Å²) in [6.07, 6.45) is 0.622. The third kappa shape index (κ3) is 5.11. The molecule has 0 unspecified atom stereocenters. The Labute approximate surface area is 122 Å². The van der Waals surface area contributed by atoms with Crippen molar-refractivity contribution < 1.29 is 8.42 Å². The minimum atomic E-state index is -3.53. The van der Waals surface area contributed by atoms with E-state index < -0.39 is 10.2 Å². The van der Waals surface area contributed by atoms with Gasteiger partial charge in [-0.3, -0.25) is 4.31 Å². The van der Waals surface area contributed by atoms with Gasteiger partial charge in [0.15, 0.2) is 0 Å². The van der Waals surface area contributed by atoms with Gasteiger partial charge in [-0.25, -0.2) is 0 Å². The van der Waals surface area contributed by atoms with Crippen molar-refractivity contribution in [1.29, 1.82) is 0 Å². The number of aryl methyl sites for hydroxylation is 1. The molecule has 0 aliphatic heterocycles. The number of rotatable bonds is 8. The second-order valence-electron chi connectivity index (χ2n) is 5.30. The molecule has 0 radical (unpaired) electrons. The van der Waals surface area contributed by atoms with Gasteiger partial charge in [0.1, 0.15) is 0 Å². The Kier molecular flexibility index (Phi) is 6.45. The minimum Gasteiger partial charge on any atom is -0.330 e. The molecule has 0 spiro atoms. The zero-order valence-corrected chi connectivity index (χ0v) is 13.3. The standard InChI is InChI=1S/C14H25N3O2S/c1-12(2)11-16-20(18,19)17(9-5-8-15)14-7-4-6-13(3)10-14/h4,6-7,10,12,16H,5,8-9,11,15H2,1-3H3. The van der Waals surface area contributed by atoms with Crippen LogP contribution in [0.3, 0.4) is 0 Å². The van der Waals surface area contributed by atoms with Crippen LogP contribution in [0, 0.1) is 12.8 Å². The Morgan fingerprint density at radius 2 is 2.05 bits per heavy atom. The van der Waals surface area contributed by atoms with Crippen LogP contribution in [0.4, 0.5) is 5.69 Å². The maximum absolute atomic E-state index is 12.4. The lowest BCUT2D eigenvalue weighted by molar-refractivity contribution is 0.554. The summed E-state index contributed by atoms with van der Waals surface area (Å²) in [6, 6.07) is 7.47. The number of nitrogens with one attached hydrogen (secondary N) is 1. The van der Waals surface area contributed by atoms with Crippen LogP contribution < -0.4 is 14.8 Å². The third-order valence-corrected chi connectivity index (χ3v) is 4.32. The van der Waals surface area contributed by atoms with Crippen molar-refractivity contribution in [2.45, 2.75) is 27.2 Å². The predicted octanol–water partition coefficient (Wildman–Crippen LogP) is 1.64. The fourth-order valence-corrected chi connectivity index (χ4v) is 3.22. The molecule has 114 valence electrons. The number of benzene rings is 1. The van der Waals surface area contributed by atoms with Crippen LogP contribution >= 0.6 is 0 Å². The number of hydrogen-bond donors (Lipinski definition) is 2. The molecule has 0 heterocycles. The Morgan fingerprint density at radius 1 is 1.35 bits per heavy atom. The molecule has 1 aromatic rings. The SMILES string of the molecule is Cc1cccc(N(CCCN)S(=O)(=O)NCC(C)C)c1. The van der Waals surface area contributed by atoms with Crippen molar-refractivity contribution in [3.8, 4) is 0 Å². The first-order chi connectivity index (χ1) is 9.36. The van der Waals surface area contributed by atoms with E-state index in [2.05, 4.69) is 4.72 Å². The van der Waals surface area contributed by atoms with Gasteiger partial charge in [0.25, 0.3) is 0 Å². The average Bonchev–Trinajstić information content (AvgIpc) is 2.37. The van der Waals surface area contributed by atoms with E-state index in [-0.39, 0.29) is 5.92 Å². The van der Waals surface area contributed by atoms with Crippen LogP contribution in [0.5, 0.6) is 0 Å². The smallest absolute Gasteiger partial charge is 0.301 e. The third-order valence-electron chi connectivity index (χ3n) is 2.82. The summed E-state index contributed by atoms with van der Waals surface area (Å²) in [7, 11) is -3.53. The number of hydrogen-bond acceptors (Lipinski definition) is 3. The first kappa shape index (κ1) is 16.9.